The quantitative estimate of drug-likeness (QED) is 0.893. The Labute approximate surface area is 108 Å². The lowest BCUT2D eigenvalue weighted by atomic mass is 9.90. The molecule has 0 radical (unpaired) electrons. The Morgan fingerprint density at radius 3 is 2.82 bits per heavy atom. The van der Waals surface area contributed by atoms with E-state index in [1.165, 1.54) is 23.5 Å². The van der Waals surface area contributed by atoms with E-state index >= 15 is 0 Å². The first-order valence-electron chi connectivity index (χ1n) is 6.56. The molecule has 96 valence electrons. The molecular formula is C13H23N3S. The molecule has 0 atom stereocenters. The summed E-state index contributed by atoms with van der Waals surface area (Å²) in [5.41, 5.74) is 1.55. The van der Waals surface area contributed by atoms with E-state index in [9.17, 15) is 0 Å². The van der Waals surface area contributed by atoms with Crippen molar-refractivity contribution in [3.63, 3.8) is 0 Å². The molecule has 1 saturated heterocycles. The fourth-order valence-electron chi connectivity index (χ4n) is 2.61. The summed E-state index contributed by atoms with van der Waals surface area (Å²) < 4.78 is 0. The molecule has 0 aliphatic carbocycles. The lowest BCUT2D eigenvalue weighted by molar-refractivity contribution is 0.117. The zero-order valence-corrected chi connectivity index (χ0v) is 11.9. The number of aryl methyl sites for hydroxylation is 1. The lowest BCUT2D eigenvalue weighted by Gasteiger charge is -2.43. The van der Waals surface area contributed by atoms with Gasteiger partial charge in [-0.3, -0.25) is 4.90 Å². The van der Waals surface area contributed by atoms with Crippen molar-refractivity contribution in [2.75, 3.05) is 19.6 Å². The Kier molecular flexibility index (Phi) is 4.17. The number of thiazole rings is 1. The Bertz CT molecular complexity index is 357. The van der Waals surface area contributed by atoms with Gasteiger partial charge in [0, 0.05) is 37.1 Å². The second-order valence-electron chi connectivity index (χ2n) is 4.98. The molecule has 0 aromatic carbocycles. The highest BCUT2D eigenvalue weighted by atomic mass is 32.1. The monoisotopic (exact) mass is 253 g/mol. The summed E-state index contributed by atoms with van der Waals surface area (Å²) in [6.45, 7) is 11.0. The fourth-order valence-corrected chi connectivity index (χ4v) is 3.21. The van der Waals surface area contributed by atoms with Crippen molar-refractivity contribution in [2.24, 2.45) is 0 Å². The van der Waals surface area contributed by atoms with Gasteiger partial charge in [-0.05, 0) is 19.8 Å². The van der Waals surface area contributed by atoms with Crippen LogP contribution in [0.3, 0.4) is 0 Å². The van der Waals surface area contributed by atoms with Crippen LogP contribution in [0, 0.1) is 6.92 Å². The van der Waals surface area contributed by atoms with Crippen LogP contribution in [0.4, 0.5) is 0 Å². The maximum atomic E-state index is 4.56. The van der Waals surface area contributed by atoms with Crippen LogP contribution in [-0.4, -0.2) is 35.1 Å². The minimum Gasteiger partial charge on any atom is -0.309 e. The second kappa shape index (κ2) is 5.46. The Morgan fingerprint density at radius 2 is 2.24 bits per heavy atom. The van der Waals surface area contributed by atoms with Crippen LogP contribution in [0.2, 0.25) is 0 Å². The molecule has 1 aliphatic heterocycles. The smallest absolute Gasteiger partial charge is 0.0897 e. The van der Waals surface area contributed by atoms with Gasteiger partial charge >= 0.3 is 0 Å². The van der Waals surface area contributed by atoms with E-state index in [2.05, 4.69) is 41.4 Å². The minimum atomic E-state index is 0.323. The van der Waals surface area contributed by atoms with Crippen LogP contribution < -0.4 is 5.32 Å². The topological polar surface area (TPSA) is 28.2 Å². The summed E-state index contributed by atoms with van der Waals surface area (Å²) in [6.07, 6.45) is 2.41. The average molecular weight is 253 g/mol. The van der Waals surface area contributed by atoms with E-state index in [1.54, 1.807) is 11.3 Å². The summed E-state index contributed by atoms with van der Waals surface area (Å²) in [5.74, 6) is 0. The molecule has 0 amide bonds. The molecule has 4 heteroatoms. The van der Waals surface area contributed by atoms with Crippen molar-refractivity contribution in [1.82, 2.24) is 15.2 Å². The van der Waals surface area contributed by atoms with Crippen LogP contribution >= 0.6 is 11.3 Å². The zero-order valence-electron chi connectivity index (χ0n) is 11.1. The molecule has 1 aromatic heterocycles. The third-order valence-corrected chi connectivity index (χ3v) is 4.68. The number of nitrogens with one attached hydrogen (secondary N) is 1. The van der Waals surface area contributed by atoms with Gasteiger partial charge in [-0.1, -0.05) is 13.8 Å². The van der Waals surface area contributed by atoms with E-state index in [4.69, 9.17) is 0 Å². The molecule has 2 rings (SSSR count). The first-order chi connectivity index (χ1) is 8.17. The highest BCUT2D eigenvalue weighted by Gasteiger charge is 2.31. The molecule has 1 N–H and O–H groups in total. The predicted octanol–water partition coefficient (Wildman–Crippen LogP) is 2.42. The molecule has 0 spiro atoms. The molecule has 0 bridgehead atoms. The number of nitrogens with zero attached hydrogens (tertiary/aromatic N) is 2. The molecule has 0 unspecified atom stereocenters. The highest BCUT2D eigenvalue weighted by Crippen LogP contribution is 2.21. The molecule has 1 aliphatic rings. The van der Waals surface area contributed by atoms with Crippen LogP contribution in [-0.2, 0) is 6.54 Å². The van der Waals surface area contributed by atoms with Gasteiger partial charge in [-0.2, -0.15) is 0 Å². The molecule has 1 fully saturated rings. The third kappa shape index (κ3) is 3.06. The zero-order chi connectivity index (χ0) is 12.3. The first kappa shape index (κ1) is 13.0. The van der Waals surface area contributed by atoms with E-state index in [-0.39, 0.29) is 0 Å². The van der Waals surface area contributed by atoms with Crippen molar-refractivity contribution in [1.29, 1.82) is 0 Å². The summed E-state index contributed by atoms with van der Waals surface area (Å²) in [5, 5.41) is 7.06. The molecule has 0 saturated carbocycles. The van der Waals surface area contributed by atoms with Gasteiger partial charge < -0.3 is 5.32 Å². The Morgan fingerprint density at radius 1 is 1.47 bits per heavy atom. The number of hydrogen-bond donors (Lipinski definition) is 1. The summed E-state index contributed by atoms with van der Waals surface area (Å²) >= 11 is 1.75. The van der Waals surface area contributed by atoms with E-state index < -0.39 is 0 Å². The summed E-state index contributed by atoms with van der Waals surface area (Å²) in [4.78, 5) is 7.10. The maximum Gasteiger partial charge on any atom is 0.0897 e. The van der Waals surface area contributed by atoms with Gasteiger partial charge in [-0.25, -0.2) is 4.98 Å². The van der Waals surface area contributed by atoms with Gasteiger partial charge in [0.25, 0.3) is 0 Å². The van der Waals surface area contributed by atoms with Crippen molar-refractivity contribution >= 4 is 11.3 Å². The normalized spacial score (nSPS) is 20.6. The first-order valence-corrected chi connectivity index (χ1v) is 7.44. The number of hydrogen-bond acceptors (Lipinski definition) is 4. The van der Waals surface area contributed by atoms with Crippen molar-refractivity contribution < 1.29 is 0 Å². The van der Waals surface area contributed by atoms with Crippen molar-refractivity contribution in [2.45, 2.75) is 45.7 Å². The van der Waals surface area contributed by atoms with Gasteiger partial charge in [-0.15, -0.1) is 11.3 Å². The van der Waals surface area contributed by atoms with Gasteiger partial charge in [0.1, 0.15) is 0 Å². The predicted molar refractivity (Wildman–Crippen MR) is 73.4 cm³/mol. The average Bonchev–Trinajstić information content (AvgIpc) is 2.75. The third-order valence-electron chi connectivity index (χ3n) is 3.86. The molecule has 2 heterocycles. The number of piperazine rings is 1. The standard InChI is InChI=1S/C13H23N3S/c1-4-13(5-2)10-16(7-6-14-13)8-12-9-17-11(3)15-12/h9,14H,4-8,10H2,1-3H3. The highest BCUT2D eigenvalue weighted by molar-refractivity contribution is 7.09. The van der Waals surface area contributed by atoms with Gasteiger partial charge in [0.05, 0.1) is 10.7 Å². The summed E-state index contributed by atoms with van der Waals surface area (Å²) in [7, 11) is 0. The van der Waals surface area contributed by atoms with Gasteiger partial charge in [0.15, 0.2) is 0 Å². The largest absolute Gasteiger partial charge is 0.309 e. The van der Waals surface area contributed by atoms with E-state index in [1.807, 2.05) is 0 Å². The van der Waals surface area contributed by atoms with Crippen LogP contribution in [0.25, 0.3) is 0 Å². The van der Waals surface area contributed by atoms with E-state index in [0.29, 0.717) is 5.54 Å². The van der Waals surface area contributed by atoms with Crippen LogP contribution in [0.1, 0.15) is 37.4 Å². The number of aromatic nitrogens is 1. The van der Waals surface area contributed by atoms with Crippen LogP contribution in [0.5, 0.6) is 0 Å². The van der Waals surface area contributed by atoms with Gasteiger partial charge in [0.2, 0.25) is 0 Å². The Balaban J connectivity index is 1.98. The molecule has 3 nitrogen and oxygen atoms in total. The Hall–Kier alpha value is -0.450. The second-order valence-corrected chi connectivity index (χ2v) is 6.04. The lowest BCUT2D eigenvalue weighted by Crippen LogP contribution is -2.59. The number of rotatable bonds is 4. The fraction of sp³-hybridized carbons (Fsp3) is 0.769. The molecular weight excluding hydrogens is 230 g/mol. The minimum absolute atomic E-state index is 0.323. The van der Waals surface area contributed by atoms with Crippen LogP contribution in [0.15, 0.2) is 5.38 Å². The molecule has 1 aromatic rings. The summed E-state index contributed by atoms with van der Waals surface area (Å²) in [6, 6.07) is 0. The maximum absolute atomic E-state index is 4.56. The van der Waals surface area contributed by atoms with Crippen molar-refractivity contribution in [3.8, 4) is 0 Å². The molecule has 17 heavy (non-hydrogen) atoms. The van der Waals surface area contributed by atoms with Crippen molar-refractivity contribution in [3.05, 3.63) is 16.1 Å². The SMILES string of the molecule is CCC1(CC)CN(Cc2csc(C)n2)CCN1. The van der Waals surface area contributed by atoms with E-state index in [0.717, 1.165) is 26.2 Å².